The second-order valence-corrected chi connectivity index (χ2v) is 3.98. The van der Waals surface area contributed by atoms with Crippen LogP contribution in [0.2, 0.25) is 0 Å². The molecule has 1 aromatic heterocycles. The van der Waals surface area contributed by atoms with E-state index in [9.17, 15) is 0 Å². The monoisotopic (exact) mass is 226 g/mol. The van der Waals surface area contributed by atoms with Gasteiger partial charge in [-0.1, -0.05) is 0 Å². The van der Waals surface area contributed by atoms with E-state index in [1.165, 1.54) is 5.56 Å². The van der Waals surface area contributed by atoms with Gasteiger partial charge in [-0.3, -0.25) is 5.10 Å². The van der Waals surface area contributed by atoms with Gasteiger partial charge in [-0.25, -0.2) is 0 Å². The highest BCUT2D eigenvalue weighted by atomic mass is 16.5. The summed E-state index contributed by atoms with van der Waals surface area (Å²) < 4.78 is 5.17. The zero-order chi connectivity index (χ0) is 11.8. The molecule has 5 nitrogen and oxygen atoms in total. The number of aromatic amines is 1. The summed E-state index contributed by atoms with van der Waals surface area (Å²) in [6.07, 6.45) is 3.92. The lowest BCUT2D eigenvalue weighted by atomic mass is 10.1. The number of H-pyrrole nitrogens is 1. The molecule has 0 aliphatic carbocycles. The summed E-state index contributed by atoms with van der Waals surface area (Å²) in [7, 11) is 1.72. The smallest absolute Gasteiger partial charge is 0.0615 e. The summed E-state index contributed by atoms with van der Waals surface area (Å²) in [5.41, 5.74) is 7.82. The van der Waals surface area contributed by atoms with Crippen LogP contribution in [0.4, 0.5) is 0 Å². The van der Waals surface area contributed by atoms with E-state index in [1.54, 1.807) is 7.11 Å². The lowest BCUT2D eigenvalue weighted by Crippen LogP contribution is -2.33. The predicted octanol–water partition coefficient (Wildman–Crippen LogP) is 0.562. The highest BCUT2D eigenvalue weighted by Gasteiger charge is 2.08. The van der Waals surface area contributed by atoms with Crippen LogP contribution < -0.4 is 11.1 Å². The van der Waals surface area contributed by atoms with Gasteiger partial charge in [0.1, 0.15) is 0 Å². The number of methoxy groups -OCH3 is 1. The summed E-state index contributed by atoms with van der Waals surface area (Å²) in [5, 5.41) is 10.4. The van der Waals surface area contributed by atoms with E-state index in [0.717, 1.165) is 38.2 Å². The Labute approximate surface area is 96.8 Å². The van der Waals surface area contributed by atoms with Gasteiger partial charge >= 0.3 is 0 Å². The first-order valence-corrected chi connectivity index (χ1v) is 5.69. The summed E-state index contributed by atoms with van der Waals surface area (Å²) in [5.74, 6) is 0. The third-order valence-corrected chi connectivity index (χ3v) is 2.64. The minimum Gasteiger partial charge on any atom is -0.383 e. The van der Waals surface area contributed by atoms with Crippen LogP contribution in [0.3, 0.4) is 0 Å². The van der Waals surface area contributed by atoms with Gasteiger partial charge in [0.2, 0.25) is 0 Å². The Kier molecular flexibility index (Phi) is 6.07. The third kappa shape index (κ3) is 4.30. The van der Waals surface area contributed by atoms with Gasteiger partial charge in [-0.05, 0) is 26.3 Å². The largest absolute Gasteiger partial charge is 0.383 e. The van der Waals surface area contributed by atoms with Crippen LogP contribution in [-0.2, 0) is 11.3 Å². The zero-order valence-corrected chi connectivity index (χ0v) is 10.1. The number of nitrogens with two attached hydrogens (primary N) is 1. The summed E-state index contributed by atoms with van der Waals surface area (Å²) >= 11 is 0. The van der Waals surface area contributed by atoms with Gasteiger partial charge in [-0.15, -0.1) is 0 Å². The number of hydrogen-bond acceptors (Lipinski definition) is 4. The average molecular weight is 226 g/mol. The Bertz CT molecular complexity index is 287. The molecule has 5 heteroatoms. The lowest BCUT2D eigenvalue weighted by molar-refractivity contribution is 0.161. The lowest BCUT2D eigenvalue weighted by Gasteiger charge is -2.17. The highest BCUT2D eigenvalue weighted by molar-refractivity contribution is 5.13. The molecule has 0 fully saturated rings. The maximum Gasteiger partial charge on any atom is 0.0615 e. The van der Waals surface area contributed by atoms with Crippen molar-refractivity contribution >= 4 is 0 Å². The van der Waals surface area contributed by atoms with Crippen molar-refractivity contribution < 1.29 is 4.74 Å². The van der Waals surface area contributed by atoms with Gasteiger partial charge in [0.15, 0.2) is 0 Å². The van der Waals surface area contributed by atoms with E-state index in [-0.39, 0.29) is 0 Å². The maximum atomic E-state index is 5.50. The van der Waals surface area contributed by atoms with Crippen LogP contribution in [-0.4, -0.2) is 36.5 Å². The van der Waals surface area contributed by atoms with Crippen LogP contribution in [0.15, 0.2) is 6.20 Å². The number of ether oxygens (including phenoxy) is 1. The van der Waals surface area contributed by atoms with Crippen molar-refractivity contribution in [2.24, 2.45) is 5.73 Å². The molecule has 0 saturated carbocycles. The maximum absolute atomic E-state index is 5.50. The Morgan fingerprint density at radius 3 is 3.00 bits per heavy atom. The van der Waals surface area contributed by atoms with Crippen molar-refractivity contribution in [1.29, 1.82) is 0 Å². The molecule has 1 unspecified atom stereocenters. The number of aryl methyl sites for hydroxylation is 1. The fourth-order valence-corrected chi connectivity index (χ4v) is 1.62. The van der Waals surface area contributed by atoms with E-state index >= 15 is 0 Å². The fourth-order valence-electron chi connectivity index (χ4n) is 1.62. The Morgan fingerprint density at radius 2 is 2.44 bits per heavy atom. The van der Waals surface area contributed by atoms with Gasteiger partial charge in [-0.2, -0.15) is 5.10 Å². The van der Waals surface area contributed by atoms with Crippen molar-refractivity contribution in [2.45, 2.75) is 32.4 Å². The molecule has 1 aromatic rings. The second-order valence-electron chi connectivity index (χ2n) is 3.98. The molecule has 0 spiro atoms. The minimum absolute atomic E-state index is 0.364. The first-order chi connectivity index (χ1) is 7.77. The SMILES string of the molecule is COCC(CCCN)NCc1cn[nH]c1C. The predicted molar refractivity (Wildman–Crippen MR) is 64.1 cm³/mol. The van der Waals surface area contributed by atoms with Crippen molar-refractivity contribution in [1.82, 2.24) is 15.5 Å². The van der Waals surface area contributed by atoms with E-state index in [1.807, 2.05) is 13.1 Å². The molecule has 0 radical (unpaired) electrons. The van der Waals surface area contributed by atoms with E-state index in [2.05, 4.69) is 15.5 Å². The second kappa shape index (κ2) is 7.38. The first-order valence-electron chi connectivity index (χ1n) is 5.69. The van der Waals surface area contributed by atoms with Crippen LogP contribution in [0.25, 0.3) is 0 Å². The third-order valence-electron chi connectivity index (χ3n) is 2.64. The molecular weight excluding hydrogens is 204 g/mol. The molecule has 0 aliphatic heterocycles. The first kappa shape index (κ1) is 13.2. The van der Waals surface area contributed by atoms with Gasteiger partial charge in [0.05, 0.1) is 12.8 Å². The zero-order valence-electron chi connectivity index (χ0n) is 10.1. The van der Waals surface area contributed by atoms with Gasteiger partial charge in [0.25, 0.3) is 0 Å². The number of rotatable bonds is 8. The van der Waals surface area contributed by atoms with Crippen molar-refractivity contribution in [2.75, 3.05) is 20.3 Å². The number of hydrogen-bond donors (Lipinski definition) is 3. The Morgan fingerprint density at radius 1 is 1.62 bits per heavy atom. The molecule has 0 aliphatic rings. The van der Waals surface area contributed by atoms with Crippen LogP contribution in [0, 0.1) is 6.92 Å². The number of aromatic nitrogens is 2. The molecule has 1 rings (SSSR count). The van der Waals surface area contributed by atoms with Crippen LogP contribution >= 0.6 is 0 Å². The molecule has 0 aromatic carbocycles. The van der Waals surface area contributed by atoms with Gasteiger partial charge < -0.3 is 15.8 Å². The molecule has 0 saturated heterocycles. The topological polar surface area (TPSA) is 76.0 Å². The van der Waals surface area contributed by atoms with Crippen LogP contribution in [0.5, 0.6) is 0 Å². The fraction of sp³-hybridized carbons (Fsp3) is 0.727. The number of nitrogens with zero attached hydrogens (tertiary/aromatic N) is 1. The highest BCUT2D eigenvalue weighted by Crippen LogP contribution is 2.04. The molecule has 1 atom stereocenters. The minimum atomic E-state index is 0.364. The van der Waals surface area contributed by atoms with E-state index in [4.69, 9.17) is 10.5 Å². The van der Waals surface area contributed by atoms with Gasteiger partial charge in [0, 0.05) is 31.0 Å². The summed E-state index contributed by atoms with van der Waals surface area (Å²) in [4.78, 5) is 0. The molecule has 0 amide bonds. The summed E-state index contributed by atoms with van der Waals surface area (Å²) in [6.45, 7) is 4.29. The normalized spacial score (nSPS) is 12.9. The standard InChI is InChI=1S/C11H22N4O/c1-9-10(7-14-15-9)6-13-11(8-16-2)4-3-5-12/h7,11,13H,3-6,8,12H2,1-2H3,(H,14,15). The van der Waals surface area contributed by atoms with Crippen molar-refractivity contribution in [3.8, 4) is 0 Å². The quantitative estimate of drug-likeness (QED) is 0.605. The molecular formula is C11H22N4O. The Balaban J connectivity index is 2.34. The molecule has 92 valence electrons. The van der Waals surface area contributed by atoms with E-state index < -0.39 is 0 Å². The average Bonchev–Trinajstić information content (AvgIpc) is 2.68. The van der Waals surface area contributed by atoms with Crippen molar-refractivity contribution in [3.05, 3.63) is 17.5 Å². The Hall–Kier alpha value is -0.910. The van der Waals surface area contributed by atoms with E-state index in [0.29, 0.717) is 6.04 Å². The molecule has 0 bridgehead atoms. The van der Waals surface area contributed by atoms with Crippen LogP contribution in [0.1, 0.15) is 24.1 Å². The molecule has 4 N–H and O–H groups in total. The summed E-state index contributed by atoms with van der Waals surface area (Å²) in [6, 6.07) is 0.364. The number of nitrogens with one attached hydrogen (secondary N) is 2. The molecule has 16 heavy (non-hydrogen) atoms. The van der Waals surface area contributed by atoms with Crippen molar-refractivity contribution in [3.63, 3.8) is 0 Å². The molecule has 1 heterocycles.